The van der Waals surface area contributed by atoms with E-state index in [-0.39, 0.29) is 11.5 Å². The maximum atomic E-state index is 13.1. The number of anilines is 3. The third-order valence-corrected chi connectivity index (χ3v) is 4.15. The lowest BCUT2D eigenvalue weighted by Crippen LogP contribution is -2.46. The number of benzene rings is 1. The molecule has 3 rings (SSSR count). The summed E-state index contributed by atoms with van der Waals surface area (Å²) < 4.78 is 39.3. The van der Waals surface area contributed by atoms with Crippen LogP contribution in [0.5, 0.6) is 0 Å². The van der Waals surface area contributed by atoms with Crippen molar-refractivity contribution in [3.8, 4) is 0 Å². The van der Waals surface area contributed by atoms with Gasteiger partial charge in [0.1, 0.15) is 0 Å². The first-order valence-corrected chi connectivity index (χ1v) is 8.07. The summed E-state index contributed by atoms with van der Waals surface area (Å²) in [5.41, 5.74) is -0.802. The summed E-state index contributed by atoms with van der Waals surface area (Å²) in [6.45, 7) is 6.41. The Bertz CT molecular complexity index is 713. The minimum atomic E-state index is -4.44. The van der Waals surface area contributed by atoms with Crippen molar-refractivity contribution in [2.24, 2.45) is 0 Å². The van der Waals surface area contributed by atoms with E-state index in [0.717, 1.165) is 38.8 Å². The molecule has 2 aromatic rings. The summed E-state index contributed by atoms with van der Waals surface area (Å²) in [7, 11) is 0. The summed E-state index contributed by atoms with van der Waals surface area (Å²) >= 11 is 0. The van der Waals surface area contributed by atoms with Gasteiger partial charge in [-0.25, -0.2) is 0 Å². The second-order valence-electron chi connectivity index (χ2n) is 5.73. The molecule has 0 unspecified atom stereocenters. The third kappa shape index (κ3) is 4.16. The molecule has 9 heteroatoms. The number of hydrogen-bond donors (Lipinski definition) is 1. The normalized spacial score (nSPS) is 16.1. The molecule has 0 bridgehead atoms. The molecule has 0 radical (unpaired) electrons. The standard InChI is InChI=1S/C16H19F3N6/c1-2-24-7-9-25(10-8-24)15-22-14(11-20-23-15)21-13-6-4-3-5-12(13)16(17,18)19/h3-6,11H,2,7-10H2,1H3,(H,21,22,23). The van der Waals surface area contributed by atoms with Crippen LogP contribution >= 0.6 is 0 Å². The van der Waals surface area contributed by atoms with Gasteiger partial charge >= 0.3 is 6.18 Å². The molecule has 0 spiro atoms. The second-order valence-corrected chi connectivity index (χ2v) is 5.73. The van der Waals surface area contributed by atoms with Crippen LogP contribution in [0.4, 0.5) is 30.6 Å². The molecule has 1 aliphatic heterocycles. The molecule has 1 aliphatic rings. The van der Waals surface area contributed by atoms with Gasteiger partial charge in [0.15, 0.2) is 5.82 Å². The monoisotopic (exact) mass is 352 g/mol. The summed E-state index contributed by atoms with van der Waals surface area (Å²) in [4.78, 5) is 8.62. The smallest absolute Gasteiger partial charge is 0.338 e. The fourth-order valence-electron chi connectivity index (χ4n) is 2.73. The zero-order valence-electron chi connectivity index (χ0n) is 13.8. The topological polar surface area (TPSA) is 57.2 Å². The fraction of sp³-hybridized carbons (Fsp3) is 0.438. The minimum Gasteiger partial charge on any atom is -0.338 e. The Morgan fingerprint density at radius 2 is 1.84 bits per heavy atom. The maximum Gasteiger partial charge on any atom is 0.418 e. The molecule has 0 amide bonds. The summed E-state index contributed by atoms with van der Waals surface area (Å²) in [5, 5.41) is 10.6. The van der Waals surface area contributed by atoms with Gasteiger partial charge < -0.3 is 15.1 Å². The largest absolute Gasteiger partial charge is 0.418 e. The summed E-state index contributed by atoms with van der Waals surface area (Å²) in [6, 6.07) is 5.29. The summed E-state index contributed by atoms with van der Waals surface area (Å²) in [5.74, 6) is 0.657. The van der Waals surface area contributed by atoms with Gasteiger partial charge in [-0.05, 0) is 18.7 Å². The van der Waals surface area contributed by atoms with Gasteiger partial charge in [0.05, 0.1) is 17.4 Å². The highest BCUT2D eigenvalue weighted by molar-refractivity contribution is 5.61. The first kappa shape index (κ1) is 17.4. The van der Waals surface area contributed by atoms with E-state index in [4.69, 9.17) is 0 Å². The number of rotatable bonds is 4. The highest BCUT2D eigenvalue weighted by atomic mass is 19.4. The van der Waals surface area contributed by atoms with E-state index in [9.17, 15) is 13.2 Å². The lowest BCUT2D eigenvalue weighted by molar-refractivity contribution is -0.136. The number of halogens is 3. The maximum absolute atomic E-state index is 13.1. The number of piperazine rings is 1. The number of nitrogens with one attached hydrogen (secondary N) is 1. The Morgan fingerprint density at radius 3 is 2.52 bits per heavy atom. The number of aromatic nitrogens is 3. The average molecular weight is 352 g/mol. The molecule has 1 aromatic carbocycles. The zero-order chi connectivity index (χ0) is 17.9. The molecule has 0 saturated carbocycles. The van der Waals surface area contributed by atoms with Gasteiger partial charge in [0.2, 0.25) is 5.95 Å². The molecule has 0 aliphatic carbocycles. The number of likely N-dealkylation sites (N-methyl/N-ethyl adjacent to an activating group) is 1. The second kappa shape index (κ2) is 7.22. The lowest BCUT2D eigenvalue weighted by Gasteiger charge is -2.33. The molecule has 0 atom stereocenters. The van der Waals surface area contributed by atoms with Crippen molar-refractivity contribution in [2.45, 2.75) is 13.1 Å². The predicted octanol–water partition coefficient (Wildman–Crippen LogP) is 2.78. The average Bonchev–Trinajstić information content (AvgIpc) is 2.62. The molecule has 1 fully saturated rings. The van der Waals surface area contributed by atoms with Gasteiger partial charge in [-0.15, -0.1) is 5.10 Å². The van der Waals surface area contributed by atoms with E-state index in [2.05, 4.69) is 32.3 Å². The van der Waals surface area contributed by atoms with E-state index < -0.39 is 11.7 Å². The van der Waals surface area contributed by atoms with Crippen LogP contribution in [0.15, 0.2) is 30.5 Å². The fourth-order valence-corrected chi connectivity index (χ4v) is 2.73. The van der Waals surface area contributed by atoms with E-state index in [1.54, 1.807) is 0 Å². The van der Waals surface area contributed by atoms with Crippen molar-refractivity contribution in [2.75, 3.05) is 42.9 Å². The molecule has 1 saturated heterocycles. The molecular weight excluding hydrogens is 333 g/mol. The number of alkyl halides is 3. The van der Waals surface area contributed by atoms with Crippen molar-refractivity contribution in [3.63, 3.8) is 0 Å². The van der Waals surface area contributed by atoms with E-state index in [0.29, 0.717) is 5.95 Å². The van der Waals surface area contributed by atoms with Crippen molar-refractivity contribution < 1.29 is 13.2 Å². The van der Waals surface area contributed by atoms with E-state index >= 15 is 0 Å². The van der Waals surface area contributed by atoms with Crippen molar-refractivity contribution in [1.82, 2.24) is 20.1 Å². The van der Waals surface area contributed by atoms with Gasteiger partial charge in [-0.2, -0.15) is 23.3 Å². The summed E-state index contributed by atoms with van der Waals surface area (Å²) in [6.07, 6.45) is -3.12. The van der Waals surface area contributed by atoms with Crippen LogP contribution in [0, 0.1) is 0 Å². The van der Waals surface area contributed by atoms with Crippen LogP contribution in [-0.2, 0) is 6.18 Å². The molecule has 2 heterocycles. The Balaban J connectivity index is 1.77. The van der Waals surface area contributed by atoms with Crippen LogP contribution in [0.3, 0.4) is 0 Å². The highest BCUT2D eigenvalue weighted by Gasteiger charge is 2.33. The zero-order valence-corrected chi connectivity index (χ0v) is 13.8. The number of nitrogens with zero attached hydrogens (tertiary/aromatic N) is 5. The lowest BCUT2D eigenvalue weighted by atomic mass is 10.1. The van der Waals surface area contributed by atoms with Gasteiger partial charge in [-0.1, -0.05) is 19.1 Å². The van der Waals surface area contributed by atoms with Gasteiger partial charge in [-0.3, -0.25) is 0 Å². The molecule has 1 N–H and O–H groups in total. The van der Waals surface area contributed by atoms with E-state index in [1.165, 1.54) is 24.4 Å². The minimum absolute atomic E-state index is 0.0581. The van der Waals surface area contributed by atoms with E-state index in [1.807, 2.05) is 4.90 Å². The predicted molar refractivity (Wildman–Crippen MR) is 88.9 cm³/mol. The van der Waals surface area contributed by atoms with Gasteiger partial charge in [0, 0.05) is 26.2 Å². The van der Waals surface area contributed by atoms with Crippen molar-refractivity contribution in [3.05, 3.63) is 36.0 Å². The SMILES string of the molecule is CCN1CCN(c2nncc(Nc3ccccc3C(F)(F)F)n2)CC1. The third-order valence-electron chi connectivity index (χ3n) is 4.15. The first-order chi connectivity index (χ1) is 12.0. The highest BCUT2D eigenvalue weighted by Crippen LogP contribution is 2.35. The molecule has 1 aromatic heterocycles. The van der Waals surface area contributed by atoms with Crippen LogP contribution in [0.1, 0.15) is 12.5 Å². The number of hydrogen-bond acceptors (Lipinski definition) is 6. The van der Waals surface area contributed by atoms with Crippen LogP contribution in [0.25, 0.3) is 0 Å². The van der Waals surface area contributed by atoms with Gasteiger partial charge in [0.25, 0.3) is 0 Å². The van der Waals surface area contributed by atoms with Crippen LogP contribution in [-0.4, -0.2) is 52.8 Å². The molecule has 134 valence electrons. The quantitative estimate of drug-likeness (QED) is 0.913. The Hall–Kier alpha value is -2.42. The molecule has 25 heavy (non-hydrogen) atoms. The van der Waals surface area contributed by atoms with Crippen molar-refractivity contribution >= 4 is 17.5 Å². The van der Waals surface area contributed by atoms with Crippen LogP contribution < -0.4 is 10.2 Å². The Morgan fingerprint density at radius 1 is 1.12 bits per heavy atom. The molecular formula is C16H19F3N6. The first-order valence-electron chi connectivity index (χ1n) is 8.07. The molecule has 6 nitrogen and oxygen atoms in total. The number of para-hydroxylation sites is 1. The Kier molecular flexibility index (Phi) is 5.03. The van der Waals surface area contributed by atoms with Crippen LogP contribution in [0.2, 0.25) is 0 Å². The van der Waals surface area contributed by atoms with Crippen molar-refractivity contribution in [1.29, 1.82) is 0 Å². The Labute approximate surface area is 143 Å².